The van der Waals surface area contributed by atoms with Gasteiger partial charge in [0.2, 0.25) is 5.91 Å². The fraction of sp³-hybridized carbons (Fsp3) is 0.407. The van der Waals surface area contributed by atoms with Gasteiger partial charge >= 0.3 is 0 Å². The van der Waals surface area contributed by atoms with Crippen molar-refractivity contribution in [1.29, 1.82) is 0 Å². The first-order valence-corrected chi connectivity index (χ1v) is 11.8. The molecule has 1 aliphatic carbocycles. The molecule has 5 heteroatoms. The van der Waals surface area contributed by atoms with Gasteiger partial charge in [-0.1, -0.05) is 49.2 Å². The highest BCUT2D eigenvalue weighted by atomic mass is 16.2. The largest absolute Gasteiger partial charge is 0.349 e. The Morgan fingerprint density at radius 2 is 1.53 bits per heavy atom. The van der Waals surface area contributed by atoms with Crippen LogP contribution in [-0.2, 0) is 17.9 Å². The van der Waals surface area contributed by atoms with Crippen LogP contribution in [0.1, 0.15) is 65.6 Å². The molecule has 0 aromatic heterocycles. The first kappa shape index (κ1) is 22.3. The van der Waals surface area contributed by atoms with Crippen molar-refractivity contribution in [3.63, 3.8) is 0 Å². The summed E-state index contributed by atoms with van der Waals surface area (Å²) in [4.78, 5) is 26.8. The smallest absolute Gasteiger partial charge is 0.251 e. The van der Waals surface area contributed by atoms with Crippen molar-refractivity contribution in [2.75, 3.05) is 13.1 Å². The summed E-state index contributed by atoms with van der Waals surface area (Å²) in [6.07, 6.45) is 10.8. The van der Waals surface area contributed by atoms with Gasteiger partial charge in [-0.15, -0.1) is 0 Å². The highest BCUT2D eigenvalue weighted by molar-refractivity contribution is 5.95. The summed E-state index contributed by atoms with van der Waals surface area (Å²) in [7, 11) is 0. The average Bonchev–Trinajstić information content (AvgIpc) is 3.65. The van der Waals surface area contributed by atoms with Gasteiger partial charge in [0.25, 0.3) is 5.91 Å². The van der Waals surface area contributed by atoms with Crippen LogP contribution in [-0.4, -0.2) is 35.8 Å². The van der Waals surface area contributed by atoms with Crippen molar-refractivity contribution < 1.29 is 9.59 Å². The molecule has 4 rings (SSSR count). The van der Waals surface area contributed by atoms with Gasteiger partial charge in [0, 0.05) is 30.8 Å². The second-order valence-corrected chi connectivity index (χ2v) is 8.93. The summed E-state index contributed by atoms with van der Waals surface area (Å²) < 4.78 is 0. The Kier molecular flexibility index (Phi) is 7.73. The lowest BCUT2D eigenvalue weighted by atomic mass is 10.1. The number of carbonyl (C=O) groups is 2. The van der Waals surface area contributed by atoms with Crippen molar-refractivity contribution in [3.8, 4) is 0 Å². The minimum Gasteiger partial charge on any atom is -0.349 e. The third kappa shape index (κ3) is 7.06. The number of nitrogens with one attached hydrogen (secondary N) is 2. The predicted molar refractivity (Wildman–Crippen MR) is 128 cm³/mol. The second kappa shape index (κ2) is 11.1. The zero-order valence-electron chi connectivity index (χ0n) is 18.7. The van der Waals surface area contributed by atoms with E-state index in [4.69, 9.17) is 0 Å². The van der Waals surface area contributed by atoms with Crippen LogP contribution >= 0.6 is 0 Å². The van der Waals surface area contributed by atoms with Crippen LogP contribution < -0.4 is 10.6 Å². The van der Waals surface area contributed by atoms with Crippen molar-refractivity contribution in [3.05, 3.63) is 76.9 Å². The molecule has 1 heterocycles. The van der Waals surface area contributed by atoms with E-state index in [2.05, 4.69) is 39.8 Å². The summed E-state index contributed by atoms with van der Waals surface area (Å²) in [6, 6.07) is 16.2. The van der Waals surface area contributed by atoms with Gasteiger partial charge in [0.1, 0.15) is 0 Å². The normalized spacial score (nSPS) is 17.1. The molecule has 2 aliphatic rings. The highest BCUT2D eigenvalue weighted by Gasteiger charge is 2.23. The molecule has 0 bridgehead atoms. The molecule has 0 unspecified atom stereocenters. The number of amides is 2. The summed E-state index contributed by atoms with van der Waals surface area (Å²) in [5.74, 6) is -0.160. The molecule has 5 nitrogen and oxygen atoms in total. The Labute approximate surface area is 190 Å². The fourth-order valence-corrected chi connectivity index (χ4v) is 3.98. The van der Waals surface area contributed by atoms with Gasteiger partial charge < -0.3 is 10.6 Å². The Hall–Kier alpha value is -2.92. The molecule has 0 atom stereocenters. The first-order chi connectivity index (χ1) is 15.7. The van der Waals surface area contributed by atoms with Gasteiger partial charge in [-0.05, 0) is 73.7 Å². The van der Waals surface area contributed by atoms with Gasteiger partial charge in [-0.3, -0.25) is 14.5 Å². The molecule has 32 heavy (non-hydrogen) atoms. The molecular formula is C27H33N3O2. The number of hydrogen-bond donors (Lipinski definition) is 2. The van der Waals surface area contributed by atoms with Gasteiger partial charge in [-0.2, -0.15) is 0 Å². The fourth-order valence-electron chi connectivity index (χ4n) is 3.98. The monoisotopic (exact) mass is 431 g/mol. The van der Waals surface area contributed by atoms with Crippen LogP contribution in [0.15, 0.2) is 54.6 Å². The highest BCUT2D eigenvalue weighted by Crippen LogP contribution is 2.19. The van der Waals surface area contributed by atoms with E-state index in [-0.39, 0.29) is 11.8 Å². The maximum Gasteiger partial charge on any atom is 0.251 e. The van der Waals surface area contributed by atoms with Crippen LogP contribution in [0.5, 0.6) is 0 Å². The lowest BCUT2D eigenvalue weighted by molar-refractivity contribution is -0.116. The molecule has 2 aromatic carbocycles. The minimum absolute atomic E-state index is 0.0294. The molecule has 168 valence electrons. The van der Waals surface area contributed by atoms with E-state index >= 15 is 0 Å². The molecule has 0 spiro atoms. The maximum atomic E-state index is 12.2. The van der Waals surface area contributed by atoms with E-state index in [0.717, 1.165) is 30.5 Å². The second-order valence-electron chi connectivity index (χ2n) is 8.93. The van der Waals surface area contributed by atoms with Gasteiger partial charge in [0.05, 0.1) is 0 Å². The Morgan fingerprint density at radius 1 is 0.875 bits per heavy atom. The van der Waals surface area contributed by atoms with Crippen LogP contribution in [0.3, 0.4) is 0 Å². The summed E-state index contributed by atoms with van der Waals surface area (Å²) >= 11 is 0. The van der Waals surface area contributed by atoms with E-state index in [9.17, 15) is 9.59 Å². The Bertz CT molecular complexity index is 922. The Balaban J connectivity index is 1.21. The third-order valence-electron chi connectivity index (χ3n) is 6.11. The van der Waals surface area contributed by atoms with Gasteiger partial charge in [0.15, 0.2) is 0 Å². The number of likely N-dealkylation sites (tertiary alicyclic amines) is 1. The van der Waals surface area contributed by atoms with E-state index in [1.807, 2.05) is 12.1 Å². The average molecular weight is 432 g/mol. The van der Waals surface area contributed by atoms with Crippen molar-refractivity contribution in [2.24, 2.45) is 0 Å². The number of hydrogen-bond acceptors (Lipinski definition) is 3. The minimum atomic E-state index is -0.130. The lowest BCUT2D eigenvalue weighted by Gasteiger charge is -2.19. The lowest BCUT2D eigenvalue weighted by Crippen LogP contribution is -2.25. The molecule has 0 radical (unpaired) electrons. The van der Waals surface area contributed by atoms with E-state index in [1.54, 1.807) is 18.2 Å². The molecular weight excluding hydrogens is 398 g/mol. The van der Waals surface area contributed by atoms with Crippen molar-refractivity contribution >= 4 is 17.9 Å². The van der Waals surface area contributed by atoms with Gasteiger partial charge in [-0.25, -0.2) is 0 Å². The predicted octanol–water partition coefficient (Wildman–Crippen LogP) is 4.28. The summed E-state index contributed by atoms with van der Waals surface area (Å²) in [5, 5.41) is 5.91. The van der Waals surface area contributed by atoms with E-state index in [1.165, 1.54) is 50.4 Å². The maximum absolute atomic E-state index is 12.2. The van der Waals surface area contributed by atoms with E-state index in [0.29, 0.717) is 18.2 Å². The first-order valence-electron chi connectivity index (χ1n) is 11.8. The molecule has 1 aliphatic heterocycles. The summed E-state index contributed by atoms with van der Waals surface area (Å²) in [6.45, 7) is 3.91. The molecule has 1 saturated heterocycles. The number of benzene rings is 2. The number of nitrogens with zero attached hydrogens (tertiary/aromatic N) is 1. The molecule has 1 saturated carbocycles. The Morgan fingerprint density at radius 3 is 2.19 bits per heavy atom. The number of rotatable bonds is 8. The van der Waals surface area contributed by atoms with Crippen molar-refractivity contribution in [1.82, 2.24) is 15.5 Å². The molecule has 2 N–H and O–H groups in total. The molecule has 2 amide bonds. The van der Waals surface area contributed by atoms with Crippen LogP contribution in [0, 0.1) is 0 Å². The van der Waals surface area contributed by atoms with Crippen LogP contribution in [0.25, 0.3) is 6.08 Å². The number of carbonyl (C=O) groups excluding carboxylic acids is 2. The zero-order valence-corrected chi connectivity index (χ0v) is 18.7. The molecule has 2 fully saturated rings. The van der Waals surface area contributed by atoms with E-state index < -0.39 is 0 Å². The van der Waals surface area contributed by atoms with Crippen LogP contribution in [0.2, 0.25) is 0 Å². The topological polar surface area (TPSA) is 61.4 Å². The molecule has 2 aromatic rings. The SMILES string of the molecule is O=C(/C=C/c1ccc(C(=O)NC2CC2)cc1)NCc1ccc(CN2CCCCCC2)cc1. The quantitative estimate of drug-likeness (QED) is 0.613. The third-order valence-corrected chi connectivity index (χ3v) is 6.11. The van der Waals surface area contributed by atoms with Crippen LogP contribution in [0.4, 0.5) is 0 Å². The summed E-state index contributed by atoms with van der Waals surface area (Å²) in [5.41, 5.74) is 3.97. The standard InChI is InChI=1S/C27H33N3O2/c31-26(16-11-21-9-12-24(13-10-21)27(32)29-25-14-15-25)28-19-22-5-7-23(8-6-22)20-30-17-3-1-2-4-18-30/h5-13,16,25H,1-4,14-15,17-20H2,(H,28,31)(H,29,32)/b16-11+. The van der Waals surface area contributed by atoms with Crippen molar-refractivity contribution in [2.45, 2.75) is 57.7 Å². The zero-order chi connectivity index (χ0) is 22.2.